The number of nitrogens with one attached hydrogen (secondary N) is 1. The lowest BCUT2D eigenvalue weighted by atomic mass is 9.89. The van der Waals surface area contributed by atoms with Crippen molar-refractivity contribution in [2.75, 3.05) is 26.2 Å². The van der Waals surface area contributed by atoms with E-state index in [0.29, 0.717) is 18.1 Å². The van der Waals surface area contributed by atoms with Gasteiger partial charge in [0.2, 0.25) is 0 Å². The smallest absolute Gasteiger partial charge is 0.0431 e. The second-order valence-corrected chi connectivity index (χ2v) is 7.79. The topological polar surface area (TPSA) is 35.5 Å². The van der Waals surface area contributed by atoms with Gasteiger partial charge in [-0.15, -0.1) is 0 Å². The Bertz CT molecular complexity index is 270. The summed E-state index contributed by atoms with van der Waals surface area (Å²) < 4.78 is 0. The van der Waals surface area contributed by atoms with E-state index in [1.54, 1.807) is 0 Å². The highest BCUT2D eigenvalue weighted by Gasteiger charge is 2.35. The number of aliphatic hydroxyl groups excluding tert-OH is 1. The normalized spacial score (nSPS) is 29.7. The predicted octanol–water partition coefficient (Wildman–Crippen LogP) is 2.25. The lowest BCUT2D eigenvalue weighted by molar-refractivity contribution is 0.118. The van der Waals surface area contributed by atoms with E-state index in [4.69, 9.17) is 5.11 Å². The summed E-state index contributed by atoms with van der Waals surface area (Å²) in [5.41, 5.74) is 0.364. The second kappa shape index (κ2) is 6.55. The van der Waals surface area contributed by atoms with E-state index < -0.39 is 0 Å². The molecule has 2 N–H and O–H groups in total. The van der Waals surface area contributed by atoms with Crippen LogP contribution in [0.3, 0.4) is 0 Å². The first-order chi connectivity index (χ1) is 8.98. The summed E-state index contributed by atoms with van der Waals surface area (Å²) in [4.78, 5) is 2.70. The minimum absolute atomic E-state index is 0.347. The minimum Gasteiger partial charge on any atom is -0.396 e. The standard InChI is InChI=1S/C16H32N2O/c1-16(2,3)12-17-14-9-13(5-4-8-19)10-18(11-14)15-6-7-15/h13-15,17,19H,4-12H2,1-3H3. The van der Waals surface area contributed by atoms with Crippen molar-refractivity contribution < 1.29 is 5.11 Å². The van der Waals surface area contributed by atoms with E-state index in [1.807, 2.05) is 0 Å². The van der Waals surface area contributed by atoms with Gasteiger partial charge < -0.3 is 10.4 Å². The van der Waals surface area contributed by atoms with Crippen LogP contribution in [0.5, 0.6) is 0 Å². The van der Waals surface area contributed by atoms with Crippen LogP contribution in [0.1, 0.15) is 52.9 Å². The molecule has 19 heavy (non-hydrogen) atoms. The van der Waals surface area contributed by atoms with Gasteiger partial charge in [0.1, 0.15) is 0 Å². The minimum atomic E-state index is 0.347. The maximum Gasteiger partial charge on any atom is 0.0431 e. The molecule has 3 heteroatoms. The molecule has 3 nitrogen and oxygen atoms in total. The Morgan fingerprint density at radius 1 is 1.21 bits per heavy atom. The largest absolute Gasteiger partial charge is 0.396 e. The van der Waals surface area contributed by atoms with Gasteiger partial charge in [0.05, 0.1) is 0 Å². The van der Waals surface area contributed by atoms with Crippen molar-refractivity contribution >= 4 is 0 Å². The van der Waals surface area contributed by atoms with Crippen molar-refractivity contribution in [3.63, 3.8) is 0 Å². The average Bonchev–Trinajstić information content (AvgIpc) is 3.17. The predicted molar refractivity (Wildman–Crippen MR) is 80.3 cm³/mol. The highest BCUT2D eigenvalue weighted by molar-refractivity contribution is 4.92. The summed E-state index contributed by atoms with van der Waals surface area (Å²) in [6.07, 6.45) is 6.25. The Morgan fingerprint density at radius 3 is 2.53 bits per heavy atom. The molecule has 1 aliphatic heterocycles. The van der Waals surface area contributed by atoms with Crippen LogP contribution in [0, 0.1) is 11.3 Å². The first-order valence-corrected chi connectivity index (χ1v) is 8.06. The van der Waals surface area contributed by atoms with Gasteiger partial charge in [0.25, 0.3) is 0 Å². The van der Waals surface area contributed by atoms with E-state index >= 15 is 0 Å². The Hall–Kier alpha value is -0.120. The monoisotopic (exact) mass is 268 g/mol. The van der Waals surface area contributed by atoms with Crippen molar-refractivity contribution in [2.24, 2.45) is 11.3 Å². The second-order valence-electron chi connectivity index (χ2n) is 7.79. The Labute approximate surface area is 118 Å². The molecular weight excluding hydrogens is 236 g/mol. The molecule has 112 valence electrons. The van der Waals surface area contributed by atoms with Crippen molar-refractivity contribution in [1.82, 2.24) is 10.2 Å². The van der Waals surface area contributed by atoms with E-state index in [1.165, 1.54) is 38.8 Å². The van der Waals surface area contributed by atoms with E-state index in [-0.39, 0.29) is 0 Å². The first kappa shape index (κ1) is 15.3. The van der Waals surface area contributed by atoms with Gasteiger partial charge in [-0.3, -0.25) is 4.90 Å². The van der Waals surface area contributed by atoms with Crippen LogP contribution in [0.15, 0.2) is 0 Å². The van der Waals surface area contributed by atoms with Crippen LogP contribution in [0.2, 0.25) is 0 Å². The highest BCUT2D eigenvalue weighted by atomic mass is 16.2. The van der Waals surface area contributed by atoms with E-state index in [9.17, 15) is 0 Å². The molecule has 0 aromatic rings. The molecule has 2 fully saturated rings. The lowest BCUT2D eigenvalue weighted by Crippen LogP contribution is -2.51. The Balaban J connectivity index is 1.82. The number of rotatable bonds is 6. The van der Waals surface area contributed by atoms with Crippen LogP contribution in [-0.4, -0.2) is 48.3 Å². The third kappa shape index (κ3) is 5.41. The quantitative estimate of drug-likeness (QED) is 0.775. The molecule has 0 spiro atoms. The van der Waals surface area contributed by atoms with Crippen molar-refractivity contribution in [3.05, 3.63) is 0 Å². The summed E-state index contributed by atoms with van der Waals surface area (Å²) >= 11 is 0. The summed E-state index contributed by atoms with van der Waals surface area (Å²) in [6.45, 7) is 10.8. The summed E-state index contributed by atoms with van der Waals surface area (Å²) in [5, 5.41) is 12.8. The fourth-order valence-corrected chi connectivity index (χ4v) is 3.17. The van der Waals surface area contributed by atoms with Crippen molar-refractivity contribution in [2.45, 2.75) is 65.0 Å². The molecular formula is C16H32N2O. The Kier molecular flexibility index (Phi) is 5.27. The third-order valence-electron chi connectivity index (χ3n) is 4.32. The zero-order valence-electron chi connectivity index (χ0n) is 13.0. The van der Waals surface area contributed by atoms with Crippen molar-refractivity contribution in [1.29, 1.82) is 0 Å². The average molecular weight is 268 g/mol. The van der Waals surface area contributed by atoms with Crippen LogP contribution in [0.25, 0.3) is 0 Å². The maximum absolute atomic E-state index is 9.03. The van der Waals surface area contributed by atoms with Crippen LogP contribution >= 0.6 is 0 Å². The molecule has 2 aliphatic rings. The molecule has 1 aliphatic carbocycles. The van der Waals surface area contributed by atoms with Gasteiger partial charge in [-0.05, 0) is 43.4 Å². The Morgan fingerprint density at radius 2 is 1.95 bits per heavy atom. The van der Waals surface area contributed by atoms with Gasteiger partial charge >= 0.3 is 0 Å². The molecule has 1 saturated heterocycles. The molecule has 1 saturated carbocycles. The summed E-state index contributed by atoms with van der Waals surface area (Å²) in [5.74, 6) is 0.777. The fourth-order valence-electron chi connectivity index (χ4n) is 3.17. The number of piperidine rings is 1. The van der Waals surface area contributed by atoms with Crippen LogP contribution in [0.4, 0.5) is 0 Å². The zero-order valence-corrected chi connectivity index (χ0v) is 13.0. The molecule has 2 unspecified atom stereocenters. The third-order valence-corrected chi connectivity index (χ3v) is 4.32. The summed E-state index contributed by atoms with van der Waals surface area (Å²) in [6, 6.07) is 1.52. The fraction of sp³-hybridized carbons (Fsp3) is 1.00. The SMILES string of the molecule is CC(C)(C)CNC1CC(CCCO)CN(C2CC2)C1. The van der Waals surface area contributed by atoms with Crippen LogP contribution in [-0.2, 0) is 0 Å². The number of hydrogen-bond donors (Lipinski definition) is 2. The zero-order chi connectivity index (χ0) is 13.9. The van der Waals surface area contributed by atoms with E-state index in [0.717, 1.165) is 24.9 Å². The van der Waals surface area contributed by atoms with E-state index in [2.05, 4.69) is 31.0 Å². The van der Waals surface area contributed by atoms with Gasteiger partial charge in [-0.2, -0.15) is 0 Å². The highest BCUT2D eigenvalue weighted by Crippen LogP contribution is 2.32. The molecule has 0 aromatic carbocycles. The molecule has 2 atom stereocenters. The van der Waals surface area contributed by atoms with Crippen molar-refractivity contribution in [3.8, 4) is 0 Å². The lowest BCUT2D eigenvalue weighted by Gasteiger charge is -2.39. The molecule has 0 amide bonds. The summed E-state index contributed by atoms with van der Waals surface area (Å²) in [7, 11) is 0. The first-order valence-electron chi connectivity index (χ1n) is 8.06. The number of likely N-dealkylation sites (tertiary alicyclic amines) is 1. The molecule has 0 aromatic heterocycles. The van der Waals surface area contributed by atoms with Gasteiger partial charge in [-0.1, -0.05) is 20.8 Å². The van der Waals surface area contributed by atoms with Gasteiger partial charge in [-0.25, -0.2) is 0 Å². The number of nitrogens with zero attached hydrogens (tertiary/aromatic N) is 1. The van der Waals surface area contributed by atoms with Gasteiger partial charge in [0.15, 0.2) is 0 Å². The number of aliphatic hydroxyl groups is 1. The molecule has 1 heterocycles. The number of hydrogen-bond acceptors (Lipinski definition) is 3. The van der Waals surface area contributed by atoms with Crippen LogP contribution < -0.4 is 5.32 Å². The molecule has 0 radical (unpaired) electrons. The molecule has 0 bridgehead atoms. The maximum atomic E-state index is 9.03. The molecule has 2 rings (SSSR count). The van der Waals surface area contributed by atoms with Gasteiger partial charge in [0, 0.05) is 38.3 Å².